The third kappa shape index (κ3) is 6.36. The highest BCUT2D eigenvalue weighted by molar-refractivity contribution is 6.59. The zero-order chi connectivity index (χ0) is 11.2. The molecule has 0 aromatic carbocycles. The number of alkyl halides is 3. The maximum atomic E-state index is 11.9. The zero-order valence-corrected chi connectivity index (χ0v) is 9.23. The Labute approximate surface area is 82.2 Å². The lowest BCUT2D eigenvalue weighted by Gasteiger charge is -2.23. The smallest absolute Gasteiger partial charge is 0.390 e. The van der Waals surface area contributed by atoms with Gasteiger partial charge in [-0.15, -0.1) is 0 Å². The van der Waals surface area contributed by atoms with E-state index in [1.54, 1.807) is 13.8 Å². The molecule has 0 unspecified atom stereocenters. The van der Waals surface area contributed by atoms with Crippen LogP contribution in [0.2, 0.25) is 6.04 Å². The summed E-state index contributed by atoms with van der Waals surface area (Å²) in [6.45, 7) is 3.51. The Balaban J connectivity index is 4.08. The van der Waals surface area contributed by atoms with E-state index in [4.69, 9.17) is 8.85 Å². The Bertz CT molecular complexity index is 157. The maximum Gasteiger partial charge on any atom is 0.498 e. The maximum absolute atomic E-state index is 11.9. The summed E-state index contributed by atoms with van der Waals surface area (Å²) in [6.07, 6.45) is -5.36. The molecule has 0 radical (unpaired) electrons. The highest BCUT2D eigenvalue weighted by Crippen LogP contribution is 2.25. The fraction of sp³-hybridized carbons (Fsp3) is 1.00. The van der Waals surface area contributed by atoms with Gasteiger partial charge in [0.1, 0.15) is 0 Å². The van der Waals surface area contributed by atoms with E-state index in [1.165, 1.54) is 0 Å². The summed E-state index contributed by atoms with van der Waals surface area (Å²) in [5.74, 6) is 0. The molecule has 0 saturated heterocycles. The summed E-state index contributed by atoms with van der Waals surface area (Å²) in [5.41, 5.74) is 0. The molecule has 0 aromatic rings. The normalized spacial score (nSPS) is 13.3. The zero-order valence-electron chi connectivity index (χ0n) is 8.23. The average Bonchev–Trinajstić information content (AvgIpc) is 2.01. The molecule has 0 amide bonds. The van der Waals surface area contributed by atoms with Gasteiger partial charge < -0.3 is 13.6 Å². The van der Waals surface area contributed by atoms with Gasteiger partial charge in [-0.1, -0.05) is 0 Å². The van der Waals surface area contributed by atoms with Crippen molar-refractivity contribution in [2.45, 2.75) is 32.5 Å². The Morgan fingerprint density at radius 3 is 1.86 bits per heavy atom. The van der Waals surface area contributed by atoms with Crippen molar-refractivity contribution >= 4 is 8.80 Å². The van der Waals surface area contributed by atoms with Crippen LogP contribution in [0, 0.1) is 0 Å². The predicted molar refractivity (Wildman–Crippen MR) is 46.7 cm³/mol. The van der Waals surface area contributed by atoms with Crippen molar-refractivity contribution < 1.29 is 26.8 Å². The highest BCUT2D eigenvalue weighted by Gasteiger charge is 2.41. The van der Waals surface area contributed by atoms with Crippen molar-refractivity contribution in [2.24, 2.45) is 0 Å². The molecule has 0 spiro atoms. The molecule has 1 N–H and O–H groups in total. The molecule has 86 valence electrons. The van der Waals surface area contributed by atoms with E-state index >= 15 is 0 Å². The highest BCUT2D eigenvalue weighted by atomic mass is 28.4. The largest absolute Gasteiger partial charge is 0.498 e. The fourth-order valence-electron chi connectivity index (χ4n) is 0.937. The monoisotopic (exact) mass is 232 g/mol. The molecule has 0 heterocycles. The molecule has 7 heteroatoms. The van der Waals surface area contributed by atoms with Gasteiger partial charge in [-0.2, -0.15) is 13.2 Å². The lowest BCUT2D eigenvalue weighted by Crippen LogP contribution is -2.43. The van der Waals surface area contributed by atoms with Gasteiger partial charge in [0.2, 0.25) is 0 Å². The van der Waals surface area contributed by atoms with Crippen LogP contribution in [0.5, 0.6) is 0 Å². The average molecular weight is 232 g/mol. The van der Waals surface area contributed by atoms with Gasteiger partial charge in [0.05, 0.1) is 0 Å². The van der Waals surface area contributed by atoms with Gasteiger partial charge in [0.25, 0.3) is 0 Å². The molecular formula is C7H15F3O3Si. The van der Waals surface area contributed by atoms with E-state index in [9.17, 15) is 18.0 Å². The molecule has 0 aliphatic carbocycles. The summed E-state index contributed by atoms with van der Waals surface area (Å²) >= 11 is 0. The van der Waals surface area contributed by atoms with Crippen molar-refractivity contribution in [2.75, 3.05) is 13.2 Å². The quantitative estimate of drug-likeness (QED) is 0.711. The second-order valence-electron chi connectivity index (χ2n) is 2.69. The minimum Gasteiger partial charge on any atom is -0.390 e. The summed E-state index contributed by atoms with van der Waals surface area (Å²) in [7, 11) is -3.58. The van der Waals surface area contributed by atoms with Crippen molar-refractivity contribution in [1.82, 2.24) is 0 Å². The van der Waals surface area contributed by atoms with Gasteiger partial charge >= 0.3 is 15.0 Å². The van der Waals surface area contributed by atoms with Crippen molar-refractivity contribution in [3.8, 4) is 0 Å². The first-order valence-corrected chi connectivity index (χ1v) is 6.37. The van der Waals surface area contributed by atoms with Crippen LogP contribution in [0.25, 0.3) is 0 Å². The number of hydrogen-bond donors (Lipinski definition) is 1. The van der Waals surface area contributed by atoms with Crippen LogP contribution in [0.15, 0.2) is 0 Å². The number of hydrogen-bond acceptors (Lipinski definition) is 3. The van der Waals surface area contributed by atoms with Crippen LogP contribution in [-0.4, -0.2) is 33.0 Å². The van der Waals surface area contributed by atoms with E-state index in [2.05, 4.69) is 0 Å². The SMILES string of the molecule is CCO[Si](O)(CCC(F)(F)F)OCC. The van der Waals surface area contributed by atoms with Crippen LogP contribution in [0.4, 0.5) is 13.2 Å². The molecular weight excluding hydrogens is 217 g/mol. The molecule has 0 aliphatic rings. The topological polar surface area (TPSA) is 38.7 Å². The molecule has 0 aliphatic heterocycles. The minimum atomic E-state index is -4.28. The summed E-state index contributed by atoms with van der Waals surface area (Å²) in [6, 6.07) is -0.474. The Morgan fingerprint density at radius 1 is 1.14 bits per heavy atom. The van der Waals surface area contributed by atoms with Crippen LogP contribution < -0.4 is 0 Å². The van der Waals surface area contributed by atoms with E-state index < -0.39 is 27.4 Å². The van der Waals surface area contributed by atoms with E-state index in [1.807, 2.05) is 0 Å². The van der Waals surface area contributed by atoms with Crippen molar-refractivity contribution in [3.05, 3.63) is 0 Å². The Morgan fingerprint density at radius 2 is 1.57 bits per heavy atom. The number of rotatable bonds is 6. The molecule has 0 atom stereocenters. The third-order valence-electron chi connectivity index (χ3n) is 1.46. The standard InChI is InChI=1S/C7H15F3O3Si/c1-3-12-14(11,13-4-2)6-5-7(8,9)10/h11H,3-6H2,1-2H3. The summed E-state index contributed by atoms with van der Waals surface area (Å²) < 4.78 is 45.3. The molecule has 14 heavy (non-hydrogen) atoms. The molecule has 0 aromatic heterocycles. The van der Waals surface area contributed by atoms with Crippen LogP contribution in [-0.2, 0) is 8.85 Å². The summed E-state index contributed by atoms with van der Waals surface area (Å²) in [5, 5.41) is 0. The van der Waals surface area contributed by atoms with Crippen LogP contribution in [0.1, 0.15) is 20.3 Å². The fourth-order valence-corrected chi connectivity index (χ4v) is 2.81. The molecule has 0 saturated carbocycles. The van der Waals surface area contributed by atoms with E-state index in [-0.39, 0.29) is 13.2 Å². The molecule has 3 nitrogen and oxygen atoms in total. The van der Waals surface area contributed by atoms with Gasteiger partial charge in [0, 0.05) is 25.7 Å². The third-order valence-corrected chi connectivity index (χ3v) is 3.83. The number of halogens is 3. The Kier molecular flexibility index (Phi) is 5.65. The first-order valence-electron chi connectivity index (χ1n) is 4.40. The Hall–Kier alpha value is -0.113. The predicted octanol–water partition coefficient (Wildman–Crippen LogP) is 1.94. The second kappa shape index (κ2) is 5.69. The second-order valence-corrected chi connectivity index (χ2v) is 5.20. The molecule has 0 fully saturated rings. The van der Waals surface area contributed by atoms with E-state index in [0.29, 0.717) is 0 Å². The first kappa shape index (κ1) is 13.9. The van der Waals surface area contributed by atoms with Gasteiger partial charge in [-0.05, 0) is 13.8 Å². The molecule has 0 rings (SSSR count). The van der Waals surface area contributed by atoms with Crippen molar-refractivity contribution in [3.63, 3.8) is 0 Å². The van der Waals surface area contributed by atoms with Gasteiger partial charge in [0.15, 0.2) is 0 Å². The lowest BCUT2D eigenvalue weighted by molar-refractivity contribution is -0.133. The first-order chi connectivity index (χ1) is 6.33. The lowest BCUT2D eigenvalue weighted by atomic mass is 10.5. The van der Waals surface area contributed by atoms with E-state index in [0.717, 1.165) is 0 Å². The van der Waals surface area contributed by atoms with Gasteiger partial charge in [-0.3, -0.25) is 0 Å². The molecule has 0 bridgehead atoms. The van der Waals surface area contributed by atoms with Crippen LogP contribution in [0.3, 0.4) is 0 Å². The van der Waals surface area contributed by atoms with Gasteiger partial charge in [-0.25, -0.2) is 0 Å². The minimum absolute atomic E-state index is 0.153. The van der Waals surface area contributed by atoms with Crippen molar-refractivity contribution in [1.29, 1.82) is 0 Å². The van der Waals surface area contributed by atoms with Crippen LogP contribution >= 0.6 is 0 Å². The summed E-state index contributed by atoms with van der Waals surface area (Å²) in [4.78, 5) is 9.57.